The van der Waals surface area contributed by atoms with E-state index in [1.807, 2.05) is 0 Å². The number of aromatic nitrogens is 2. The van der Waals surface area contributed by atoms with Gasteiger partial charge in [0.1, 0.15) is 0 Å². The van der Waals surface area contributed by atoms with Crippen LogP contribution >= 0.6 is 34.5 Å². The lowest BCUT2D eigenvalue weighted by atomic mass is 9.73. The summed E-state index contributed by atoms with van der Waals surface area (Å²) in [5.41, 5.74) is -0.325. The Labute approximate surface area is 156 Å². The highest BCUT2D eigenvalue weighted by atomic mass is 35.5. The molecule has 1 amide bonds. The van der Waals surface area contributed by atoms with E-state index in [2.05, 4.69) is 15.5 Å². The Morgan fingerprint density at radius 2 is 2.00 bits per heavy atom. The molecule has 1 aliphatic heterocycles. The predicted molar refractivity (Wildman–Crippen MR) is 91.7 cm³/mol. The fourth-order valence-corrected chi connectivity index (χ4v) is 3.99. The molecule has 1 aliphatic rings. The number of amides is 1. The summed E-state index contributed by atoms with van der Waals surface area (Å²) in [7, 11) is 0. The number of alkyl halides is 2. The largest absolute Gasteiger partial charge is 0.381 e. The van der Waals surface area contributed by atoms with Crippen LogP contribution in [0.2, 0.25) is 10.0 Å². The van der Waals surface area contributed by atoms with Crippen LogP contribution in [-0.4, -0.2) is 29.3 Å². The number of hydrogen-bond donors (Lipinski definition) is 1. The number of halogens is 4. The molecule has 2 aromatic rings. The van der Waals surface area contributed by atoms with Gasteiger partial charge >= 0.3 is 0 Å². The molecule has 1 saturated heterocycles. The van der Waals surface area contributed by atoms with Crippen molar-refractivity contribution in [3.05, 3.63) is 38.8 Å². The Bertz CT molecular complexity index is 782. The highest BCUT2D eigenvalue weighted by Gasteiger charge is 2.43. The average Bonchev–Trinajstić information content (AvgIpc) is 3.04. The maximum Gasteiger partial charge on any atom is 0.291 e. The van der Waals surface area contributed by atoms with Gasteiger partial charge in [-0.1, -0.05) is 40.6 Å². The summed E-state index contributed by atoms with van der Waals surface area (Å²) in [5, 5.41) is 9.98. The van der Waals surface area contributed by atoms with E-state index in [9.17, 15) is 13.6 Å². The van der Waals surface area contributed by atoms with Gasteiger partial charge in [0.2, 0.25) is 11.0 Å². The molecular formula is C15H13Cl2F2N3O2S. The summed E-state index contributed by atoms with van der Waals surface area (Å²) < 4.78 is 30.7. The molecule has 0 aliphatic carbocycles. The monoisotopic (exact) mass is 407 g/mol. The van der Waals surface area contributed by atoms with Crippen molar-refractivity contribution < 1.29 is 18.3 Å². The van der Waals surface area contributed by atoms with Crippen LogP contribution in [0.15, 0.2) is 18.2 Å². The van der Waals surface area contributed by atoms with E-state index in [4.69, 9.17) is 27.9 Å². The van der Waals surface area contributed by atoms with Crippen LogP contribution in [-0.2, 0) is 14.9 Å². The lowest BCUT2D eigenvalue weighted by Gasteiger charge is -2.36. The Hall–Kier alpha value is -1.35. The van der Waals surface area contributed by atoms with Crippen molar-refractivity contribution in [1.29, 1.82) is 0 Å². The van der Waals surface area contributed by atoms with Gasteiger partial charge in [0.25, 0.3) is 6.43 Å². The molecule has 1 aromatic heterocycles. The first kappa shape index (κ1) is 18.4. The van der Waals surface area contributed by atoms with Crippen molar-refractivity contribution in [2.75, 3.05) is 18.5 Å². The summed E-state index contributed by atoms with van der Waals surface area (Å²) >= 11 is 12.9. The SMILES string of the molecule is O=C(Nc1nnc(C(F)F)s1)C1(c2ccc(Cl)cc2Cl)CCOCC1. The van der Waals surface area contributed by atoms with E-state index in [0.29, 0.717) is 53.0 Å². The van der Waals surface area contributed by atoms with Gasteiger partial charge in [0, 0.05) is 23.3 Å². The fourth-order valence-electron chi connectivity index (χ4n) is 2.81. The summed E-state index contributed by atoms with van der Waals surface area (Å²) in [4.78, 5) is 13.0. The number of carbonyl (C=O) groups is 1. The minimum atomic E-state index is -2.73. The van der Waals surface area contributed by atoms with Gasteiger partial charge in [-0.2, -0.15) is 0 Å². The minimum Gasteiger partial charge on any atom is -0.381 e. The molecule has 10 heteroatoms. The number of nitrogens with zero attached hydrogens (tertiary/aromatic N) is 2. The van der Waals surface area contributed by atoms with Gasteiger partial charge in [0.15, 0.2) is 5.01 Å². The number of nitrogens with one attached hydrogen (secondary N) is 1. The van der Waals surface area contributed by atoms with Gasteiger partial charge in [-0.3, -0.25) is 10.1 Å². The second-order valence-electron chi connectivity index (χ2n) is 5.52. The molecule has 3 rings (SSSR count). The van der Waals surface area contributed by atoms with Crippen LogP contribution < -0.4 is 5.32 Å². The normalized spacial score (nSPS) is 16.8. The zero-order chi connectivity index (χ0) is 18.0. The first-order valence-corrected chi connectivity index (χ1v) is 8.96. The van der Waals surface area contributed by atoms with E-state index in [-0.39, 0.29) is 11.0 Å². The smallest absolute Gasteiger partial charge is 0.291 e. The maximum absolute atomic E-state index is 13.0. The van der Waals surface area contributed by atoms with E-state index in [1.54, 1.807) is 18.2 Å². The molecule has 0 saturated carbocycles. The first-order chi connectivity index (χ1) is 11.9. The second-order valence-corrected chi connectivity index (χ2v) is 7.37. The zero-order valence-electron chi connectivity index (χ0n) is 12.8. The number of rotatable bonds is 4. The lowest BCUT2D eigenvalue weighted by Crippen LogP contribution is -2.45. The van der Waals surface area contributed by atoms with E-state index < -0.39 is 16.8 Å². The molecule has 25 heavy (non-hydrogen) atoms. The molecule has 1 aromatic carbocycles. The molecule has 134 valence electrons. The van der Waals surface area contributed by atoms with E-state index in [0.717, 1.165) is 0 Å². The quantitative estimate of drug-likeness (QED) is 0.811. The van der Waals surface area contributed by atoms with Crippen LogP contribution in [0.4, 0.5) is 13.9 Å². The van der Waals surface area contributed by atoms with Crippen LogP contribution in [0, 0.1) is 0 Å². The van der Waals surface area contributed by atoms with Crippen molar-refractivity contribution in [1.82, 2.24) is 10.2 Å². The first-order valence-electron chi connectivity index (χ1n) is 7.39. The van der Waals surface area contributed by atoms with E-state index >= 15 is 0 Å². The zero-order valence-corrected chi connectivity index (χ0v) is 15.1. The Morgan fingerprint density at radius 1 is 1.28 bits per heavy atom. The molecule has 0 atom stereocenters. The van der Waals surface area contributed by atoms with Gasteiger partial charge in [0.05, 0.1) is 5.41 Å². The number of benzene rings is 1. The Balaban J connectivity index is 1.92. The van der Waals surface area contributed by atoms with Crippen LogP contribution in [0.5, 0.6) is 0 Å². The summed E-state index contributed by atoms with van der Waals surface area (Å²) in [6, 6.07) is 4.94. The fraction of sp³-hybridized carbons (Fsp3) is 0.400. The van der Waals surface area contributed by atoms with Gasteiger partial charge in [-0.25, -0.2) is 8.78 Å². The third-order valence-electron chi connectivity index (χ3n) is 4.08. The molecule has 5 nitrogen and oxygen atoms in total. The molecule has 0 radical (unpaired) electrons. The highest BCUT2D eigenvalue weighted by Crippen LogP contribution is 2.41. The molecule has 0 unspecified atom stereocenters. The van der Waals surface area contributed by atoms with E-state index in [1.165, 1.54) is 0 Å². The van der Waals surface area contributed by atoms with Crippen LogP contribution in [0.3, 0.4) is 0 Å². The molecule has 0 spiro atoms. The number of hydrogen-bond acceptors (Lipinski definition) is 5. The molecular weight excluding hydrogens is 395 g/mol. The third kappa shape index (κ3) is 3.76. The molecule has 1 fully saturated rings. The topological polar surface area (TPSA) is 64.1 Å². The predicted octanol–water partition coefficient (Wildman–Crippen LogP) is 4.47. The second kappa shape index (κ2) is 7.49. The summed E-state index contributed by atoms with van der Waals surface area (Å²) in [6.07, 6.45) is -1.92. The van der Waals surface area contributed by atoms with Crippen molar-refractivity contribution in [2.24, 2.45) is 0 Å². The average molecular weight is 408 g/mol. The highest BCUT2D eigenvalue weighted by molar-refractivity contribution is 7.15. The number of carbonyl (C=O) groups excluding carboxylic acids is 1. The number of anilines is 1. The van der Waals surface area contributed by atoms with Gasteiger partial charge in [-0.05, 0) is 30.5 Å². The van der Waals surface area contributed by atoms with Crippen molar-refractivity contribution in [2.45, 2.75) is 24.7 Å². The summed E-state index contributed by atoms with van der Waals surface area (Å²) in [5.74, 6) is -0.378. The van der Waals surface area contributed by atoms with Crippen molar-refractivity contribution >= 4 is 45.6 Å². The standard InChI is InChI=1S/C15H13Cl2F2N3O2S/c16-8-1-2-9(10(17)7-8)15(3-5-24-6-4-15)13(23)20-14-22-21-12(25-14)11(18)19/h1-2,7,11H,3-6H2,(H,20,22,23). The minimum absolute atomic E-state index is 0.0243. The van der Waals surface area contributed by atoms with Gasteiger partial charge in [-0.15, -0.1) is 10.2 Å². The van der Waals surface area contributed by atoms with Crippen LogP contribution in [0.25, 0.3) is 0 Å². The lowest BCUT2D eigenvalue weighted by molar-refractivity contribution is -0.125. The molecule has 2 heterocycles. The Kier molecular flexibility index (Phi) is 5.52. The van der Waals surface area contributed by atoms with Gasteiger partial charge < -0.3 is 4.74 Å². The van der Waals surface area contributed by atoms with Crippen molar-refractivity contribution in [3.8, 4) is 0 Å². The maximum atomic E-state index is 13.0. The van der Waals surface area contributed by atoms with Crippen molar-refractivity contribution in [3.63, 3.8) is 0 Å². The molecule has 1 N–H and O–H groups in total. The summed E-state index contributed by atoms with van der Waals surface area (Å²) in [6.45, 7) is 0.759. The van der Waals surface area contributed by atoms with Crippen LogP contribution in [0.1, 0.15) is 29.8 Å². The Morgan fingerprint density at radius 3 is 2.60 bits per heavy atom. The third-order valence-corrected chi connectivity index (χ3v) is 5.47. The molecule has 0 bridgehead atoms. The number of ether oxygens (including phenoxy) is 1.